The number of nitrogens with zero attached hydrogens (tertiary/aromatic N) is 2. The number of anilines is 1. The summed E-state index contributed by atoms with van der Waals surface area (Å²) >= 11 is 0. The van der Waals surface area contributed by atoms with Crippen LogP contribution in [0.4, 0.5) is 5.82 Å². The summed E-state index contributed by atoms with van der Waals surface area (Å²) in [6, 6.07) is 1.77. The molecule has 1 aromatic heterocycles. The van der Waals surface area contributed by atoms with Gasteiger partial charge < -0.3 is 14.8 Å². The second-order valence-corrected chi connectivity index (χ2v) is 4.96. The molecule has 0 aromatic carbocycles. The van der Waals surface area contributed by atoms with E-state index < -0.39 is 5.60 Å². The van der Waals surface area contributed by atoms with Gasteiger partial charge >= 0.3 is 5.97 Å². The van der Waals surface area contributed by atoms with E-state index in [-0.39, 0.29) is 5.97 Å². The van der Waals surface area contributed by atoms with E-state index in [0.29, 0.717) is 24.7 Å². The van der Waals surface area contributed by atoms with Crippen molar-refractivity contribution in [3.63, 3.8) is 0 Å². The maximum atomic E-state index is 11.5. The highest BCUT2D eigenvalue weighted by atomic mass is 16.6. The molecule has 0 saturated heterocycles. The number of ether oxygens (including phenoxy) is 2. The third-order valence-electron chi connectivity index (χ3n) is 2.10. The Labute approximate surface area is 107 Å². The van der Waals surface area contributed by atoms with Gasteiger partial charge in [0.05, 0.1) is 13.5 Å². The molecular weight excluding hydrogens is 234 g/mol. The molecule has 0 bridgehead atoms. The topological polar surface area (TPSA) is 65.4 Å². The minimum atomic E-state index is -0.439. The van der Waals surface area contributed by atoms with Gasteiger partial charge in [0, 0.05) is 19.7 Å². The quantitative estimate of drug-likeness (QED) is 0.809. The first-order valence-corrected chi connectivity index (χ1v) is 5.85. The summed E-state index contributed by atoms with van der Waals surface area (Å²) in [5.74, 6) is 1.12. The maximum Gasteiger partial charge on any atom is 0.308 e. The zero-order valence-corrected chi connectivity index (χ0v) is 11.6. The molecule has 0 unspecified atom stereocenters. The van der Waals surface area contributed by atoms with Crippen molar-refractivity contribution in [3.05, 3.63) is 6.07 Å². The van der Waals surface area contributed by atoms with Crippen molar-refractivity contribution in [1.29, 1.82) is 0 Å². The summed E-state index contributed by atoms with van der Waals surface area (Å²) in [6.07, 6.45) is 0.302. The molecule has 1 rings (SSSR count). The monoisotopic (exact) mass is 255 g/mol. The van der Waals surface area contributed by atoms with Gasteiger partial charge in [-0.3, -0.25) is 4.79 Å². The van der Waals surface area contributed by atoms with Crippen LogP contribution in [0.25, 0.3) is 0 Å². The van der Waals surface area contributed by atoms with Crippen molar-refractivity contribution in [1.82, 2.24) is 9.78 Å². The molecule has 0 aliphatic rings. The van der Waals surface area contributed by atoms with E-state index in [1.807, 2.05) is 20.8 Å². The number of nitrogens with one attached hydrogen (secondary N) is 1. The molecule has 0 aliphatic heterocycles. The molecule has 0 spiro atoms. The molecule has 6 heteroatoms. The third-order valence-corrected chi connectivity index (χ3v) is 2.10. The number of hydrogen-bond acceptors (Lipinski definition) is 5. The molecule has 1 aromatic rings. The number of rotatable bonds is 5. The second-order valence-electron chi connectivity index (χ2n) is 4.96. The Balaban J connectivity index is 2.35. The van der Waals surface area contributed by atoms with Crippen LogP contribution in [0.1, 0.15) is 27.2 Å². The van der Waals surface area contributed by atoms with Crippen LogP contribution in [-0.4, -0.2) is 35.0 Å². The average Bonchev–Trinajstić information content (AvgIpc) is 2.56. The summed E-state index contributed by atoms with van der Waals surface area (Å²) in [6.45, 7) is 6.03. The summed E-state index contributed by atoms with van der Waals surface area (Å²) in [5, 5.41) is 7.23. The number of carbonyl (C=O) groups excluding carboxylic acids is 1. The lowest BCUT2D eigenvalue weighted by Gasteiger charge is -2.19. The highest BCUT2D eigenvalue weighted by Gasteiger charge is 2.15. The third kappa shape index (κ3) is 4.65. The first-order valence-electron chi connectivity index (χ1n) is 5.85. The molecule has 102 valence electrons. The lowest BCUT2D eigenvalue weighted by Crippen LogP contribution is -2.25. The van der Waals surface area contributed by atoms with Gasteiger partial charge in [0.2, 0.25) is 5.88 Å². The molecule has 18 heavy (non-hydrogen) atoms. The van der Waals surface area contributed by atoms with Gasteiger partial charge in [-0.1, -0.05) is 0 Å². The minimum Gasteiger partial charge on any atom is -0.481 e. The molecule has 0 aliphatic carbocycles. The largest absolute Gasteiger partial charge is 0.481 e. The van der Waals surface area contributed by atoms with Gasteiger partial charge in [0.1, 0.15) is 5.60 Å². The number of hydrogen-bond donors (Lipinski definition) is 1. The molecule has 0 saturated carbocycles. The standard InChI is InChI=1S/C12H21N3O3/c1-12(2,3)18-11(16)6-7-13-9-8-10(17-5)15(4)14-9/h8H,6-7H2,1-5H3,(H,13,14). The summed E-state index contributed by atoms with van der Waals surface area (Å²) in [7, 11) is 3.37. The van der Waals surface area contributed by atoms with Crippen LogP contribution in [0.3, 0.4) is 0 Å². The van der Waals surface area contributed by atoms with Crippen molar-refractivity contribution in [2.24, 2.45) is 7.05 Å². The van der Waals surface area contributed by atoms with Crippen molar-refractivity contribution in [3.8, 4) is 5.88 Å². The van der Waals surface area contributed by atoms with Crippen molar-refractivity contribution < 1.29 is 14.3 Å². The number of methoxy groups -OCH3 is 1. The zero-order chi connectivity index (χ0) is 13.8. The first kappa shape index (κ1) is 14.3. The van der Waals surface area contributed by atoms with Crippen LogP contribution in [0.15, 0.2) is 6.07 Å². The normalized spacial score (nSPS) is 11.2. The van der Waals surface area contributed by atoms with E-state index in [9.17, 15) is 4.79 Å². The number of esters is 1. The van der Waals surface area contributed by atoms with Gasteiger partial charge in [-0.2, -0.15) is 5.10 Å². The van der Waals surface area contributed by atoms with Crippen molar-refractivity contribution in [2.45, 2.75) is 32.8 Å². The highest BCUT2D eigenvalue weighted by Crippen LogP contribution is 2.15. The Morgan fingerprint density at radius 1 is 1.50 bits per heavy atom. The van der Waals surface area contributed by atoms with Gasteiger partial charge in [-0.05, 0) is 20.8 Å². The van der Waals surface area contributed by atoms with Crippen LogP contribution in [-0.2, 0) is 16.6 Å². The molecule has 6 nitrogen and oxygen atoms in total. The molecule has 0 amide bonds. The molecule has 0 atom stereocenters. The summed E-state index contributed by atoms with van der Waals surface area (Å²) < 4.78 is 11.9. The van der Waals surface area contributed by atoms with E-state index >= 15 is 0 Å². The Bertz CT molecular complexity index is 407. The van der Waals surface area contributed by atoms with E-state index in [1.165, 1.54) is 0 Å². The van der Waals surface area contributed by atoms with Crippen molar-refractivity contribution in [2.75, 3.05) is 19.0 Å². The summed E-state index contributed by atoms with van der Waals surface area (Å²) in [4.78, 5) is 11.5. The summed E-state index contributed by atoms with van der Waals surface area (Å²) in [5.41, 5.74) is -0.439. The maximum absolute atomic E-state index is 11.5. The van der Waals surface area contributed by atoms with E-state index in [4.69, 9.17) is 9.47 Å². The lowest BCUT2D eigenvalue weighted by molar-refractivity contribution is -0.154. The number of carbonyl (C=O) groups is 1. The number of aryl methyl sites for hydroxylation is 1. The average molecular weight is 255 g/mol. The highest BCUT2D eigenvalue weighted by molar-refractivity contribution is 5.70. The van der Waals surface area contributed by atoms with Gasteiger partial charge in [0.15, 0.2) is 5.82 Å². The molecule has 1 heterocycles. The van der Waals surface area contributed by atoms with E-state index in [2.05, 4.69) is 10.4 Å². The van der Waals surface area contributed by atoms with Crippen LogP contribution in [0, 0.1) is 0 Å². The van der Waals surface area contributed by atoms with E-state index in [1.54, 1.807) is 24.9 Å². The van der Waals surface area contributed by atoms with Crippen LogP contribution < -0.4 is 10.1 Å². The van der Waals surface area contributed by atoms with Crippen LogP contribution in [0.2, 0.25) is 0 Å². The Kier molecular flexibility index (Phi) is 4.58. The SMILES string of the molecule is COc1cc(NCCC(=O)OC(C)(C)C)nn1C. The predicted octanol–water partition coefficient (Wildman–Crippen LogP) is 1.57. The Morgan fingerprint density at radius 3 is 2.67 bits per heavy atom. The molecular formula is C12H21N3O3. The fraction of sp³-hybridized carbons (Fsp3) is 0.667. The van der Waals surface area contributed by atoms with E-state index in [0.717, 1.165) is 0 Å². The van der Waals surface area contributed by atoms with Gasteiger partial charge in [-0.25, -0.2) is 4.68 Å². The Hall–Kier alpha value is -1.72. The van der Waals surface area contributed by atoms with Crippen LogP contribution >= 0.6 is 0 Å². The molecule has 1 N–H and O–H groups in total. The smallest absolute Gasteiger partial charge is 0.308 e. The van der Waals surface area contributed by atoms with Gasteiger partial charge in [-0.15, -0.1) is 0 Å². The zero-order valence-electron chi connectivity index (χ0n) is 11.6. The lowest BCUT2D eigenvalue weighted by atomic mass is 10.2. The van der Waals surface area contributed by atoms with Gasteiger partial charge in [0.25, 0.3) is 0 Å². The Morgan fingerprint density at radius 2 is 2.17 bits per heavy atom. The predicted molar refractivity (Wildman–Crippen MR) is 68.7 cm³/mol. The fourth-order valence-electron chi connectivity index (χ4n) is 1.41. The molecule has 0 fully saturated rings. The first-order chi connectivity index (χ1) is 8.31. The second kappa shape index (κ2) is 5.75. The van der Waals surface area contributed by atoms with Crippen LogP contribution in [0.5, 0.6) is 5.88 Å². The molecule has 0 radical (unpaired) electrons. The van der Waals surface area contributed by atoms with Crippen molar-refractivity contribution >= 4 is 11.8 Å². The fourth-order valence-corrected chi connectivity index (χ4v) is 1.41. The number of aromatic nitrogens is 2. The minimum absolute atomic E-state index is 0.224.